The zero-order valence-corrected chi connectivity index (χ0v) is 31.0. The Balaban J connectivity index is 1.67. The van der Waals surface area contributed by atoms with E-state index in [9.17, 15) is 8.78 Å². The van der Waals surface area contributed by atoms with Crippen molar-refractivity contribution in [2.24, 2.45) is 0 Å². The fourth-order valence-corrected chi connectivity index (χ4v) is 14.5. The van der Waals surface area contributed by atoms with Crippen molar-refractivity contribution < 1.29 is 8.78 Å². The first-order valence-electron chi connectivity index (χ1n) is 16.7. The van der Waals surface area contributed by atoms with Crippen LogP contribution in [0.3, 0.4) is 0 Å². The monoisotopic (exact) mass is 686 g/mol. The van der Waals surface area contributed by atoms with Crippen LogP contribution in [0.2, 0.25) is 0 Å². The van der Waals surface area contributed by atoms with Crippen LogP contribution in [-0.2, 0) is 0 Å². The molecule has 0 saturated carbocycles. The van der Waals surface area contributed by atoms with Gasteiger partial charge in [0.2, 0.25) is 0 Å². The van der Waals surface area contributed by atoms with E-state index in [1.165, 1.54) is 43.5 Å². The Hall–Kier alpha value is -4.36. The molecule has 0 unspecified atom stereocenters. The van der Waals surface area contributed by atoms with Gasteiger partial charge in [0.25, 0.3) is 0 Å². The van der Waals surface area contributed by atoms with E-state index in [4.69, 9.17) is 0 Å². The molecule has 2 nitrogen and oxygen atoms in total. The molecule has 0 bridgehead atoms. The minimum atomic E-state index is -2.84. The maximum absolute atomic E-state index is 14.6. The molecule has 1 aliphatic heterocycles. The second-order valence-corrected chi connectivity index (χ2v) is 19.6. The molecule has 7 rings (SSSR count). The van der Waals surface area contributed by atoms with E-state index in [0.717, 1.165) is 33.4 Å². The predicted molar refractivity (Wildman–Crippen MR) is 213 cm³/mol. The molecule has 0 aliphatic carbocycles. The van der Waals surface area contributed by atoms with Gasteiger partial charge in [0.1, 0.15) is 0 Å². The molecule has 0 atom stereocenters. The van der Waals surface area contributed by atoms with Crippen LogP contribution in [0.15, 0.2) is 121 Å². The predicted octanol–water partition coefficient (Wildman–Crippen LogP) is 8.46. The number of hydrogen-bond donors (Lipinski definition) is 0. The maximum atomic E-state index is 14.6. The van der Waals surface area contributed by atoms with Crippen LogP contribution in [0.25, 0.3) is 0 Å². The van der Waals surface area contributed by atoms with E-state index in [-0.39, 0.29) is 11.6 Å². The van der Waals surface area contributed by atoms with Crippen LogP contribution < -0.4 is 41.6 Å². The fourth-order valence-electron chi connectivity index (χ4n) is 7.38. The van der Waals surface area contributed by atoms with Crippen LogP contribution in [0.1, 0.15) is 22.3 Å². The van der Waals surface area contributed by atoms with Crippen molar-refractivity contribution in [1.82, 2.24) is 0 Å². The second-order valence-electron chi connectivity index (χ2n) is 13.6. The van der Waals surface area contributed by atoms with Crippen molar-refractivity contribution in [2.45, 2.75) is 27.7 Å². The number of halogens is 2. The van der Waals surface area contributed by atoms with Gasteiger partial charge in [0.15, 0.2) is 0 Å². The first-order chi connectivity index (χ1) is 23.4. The molecule has 1 aliphatic rings. The van der Waals surface area contributed by atoms with E-state index in [0.29, 0.717) is 0 Å². The van der Waals surface area contributed by atoms with Crippen molar-refractivity contribution in [3.8, 4) is 0 Å². The van der Waals surface area contributed by atoms with Gasteiger partial charge in [-0.3, -0.25) is 0 Å². The summed E-state index contributed by atoms with van der Waals surface area (Å²) in [6.45, 7) is 11.0. The van der Waals surface area contributed by atoms with Crippen LogP contribution in [0.5, 0.6) is 0 Å². The van der Waals surface area contributed by atoms with E-state index >= 15 is 0 Å². The van der Waals surface area contributed by atoms with Gasteiger partial charge in [0, 0.05) is 0 Å². The van der Waals surface area contributed by atoms with Gasteiger partial charge in [-0.05, 0) is 0 Å². The van der Waals surface area contributed by atoms with E-state index in [1.54, 1.807) is 24.3 Å². The molecule has 6 aromatic rings. The summed E-state index contributed by atoms with van der Waals surface area (Å²) in [6, 6.07) is 41.4. The second kappa shape index (κ2) is 12.8. The molecule has 0 spiro atoms. The Morgan fingerprint density at radius 1 is 0.469 bits per heavy atom. The van der Waals surface area contributed by atoms with Gasteiger partial charge in [-0.2, -0.15) is 0 Å². The van der Waals surface area contributed by atoms with Crippen LogP contribution in [0.4, 0.5) is 31.5 Å². The van der Waals surface area contributed by atoms with Crippen LogP contribution in [0, 0.1) is 39.3 Å². The Morgan fingerprint density at radius 2 is 0.837 bits per heavy atom. The topological polar surface area (TPSA) is 6.48 Å². The average molecular weight is 687 g/mol. The molecule has 0 N–H and O–H groups in total. The van der Waals surface area contributed by atoms with E-state index in [2.05, 4.69) is 131 Å². The number of fused-ring (bicyclic) bond motifs is 4. The van der Waals surface area contributed by atoms with Crippen molar-refractivity contribution in [2.75, 3.05) is 30.6 Å². The summed E-state index contributed by atoms with van der Waals surface area (Å²) in [7, 11) is 0.376. The average Bonchev–Trinajstić information content (AvgIpc) is 3.08. The zero-order valence-electron chi connectivity index (χ0n) is 29.1. The minimum absolute atomic E-state index is 0.236. The molecule has 1 heterocycles. The zero-order chi connectivity index (χ0) is 34.6. The molecular weight excluding hydrogens is 644 g/mol. The third-order valence-corrected chi connectivity index (χ3v) is 17.0. The van der Waals surface area contributed by atoms with Gasteiger partial charge in [-0.15, -0.1) is 0 Å². The Labute approximate surface area is 291 Å². The fraction of sp³-hybridized carbons (Fsp3) is 0.163. The van der Waals surface area contributed by atoms with Gasteiger partial charge in [-0.1, -0.05) is 0 Å². The quantitative estimate of drug-likeness (QED) is 0.169. The SMILES string of the molecule is Cc1ccc2c(c1)P(c1ccc(F)cc1)c1cc(C)ccc1N(C)c1ccc(C)cc1[PH](C)(c1ccc(F)cc1)c1cc(C)ccc1N2C. The summed E-state index contributed by atoms with van der Waals surface area (Å²) in [5.74, 6) is -0.477. The summed E-state index contributed by atoms with van der Waals surface area (Å²) in [5.41, 5.74) is 9.19. The van der Waals surface area contributed by atoms with Gasteiger partial charge >= 0.3 is 292 Å². The summed E-state index contributed by atoms with van der Waals surface area (Å²) in [5, 5.41) is 7.20. The molecule has 0 saturated heterocycles. The number of benzene rings is 6. The van der Waals surface area contributed by atoms with E-state index < -0.39 is 15.2 Å². The summed E-state index contributed by atoms with van der Waals surface area (Å²) >= 11 is 0. The van der Waals surface area contributed by atoms with Gasteiger partial charge < -0.3 is 0 Å². The third kappa shape index (κ3) is 5.86. The molecule has 6 aromatic carbocycles. The normalized spacial score (nSPS) is 16.0. The van der Waals surface area contributed by atoms with E-state index in [1.807, 2.05) is 24.3 Å². The molecule has 0 fully saturated rings. The summed E-state index contributed by atoms with van der Waals surface area (Å²) in [4.78, 5) is 4.71. The van der Waals surface area contributed by atoms with Crippen molar-refractivity contribution in [3.63, 3.8) is 0 Å². The number of nitrogens with zero attached hydrogens (tertiary/aromatic N) is 2. The molecule has 0 radical (unpaired) electrons. The Kier molecular flexibility index (Phi) is 8.68. The first-order valence-corrected chi connectivity index (χ1v) is 20.5. The van der Waals surface area contributed by atoms with Crippen LogP contribution >= 0.6 is 15.2 Å². The van der Waals surface area contributed by atoms with Gasteiger partial charge in [0.05, 0.1) is 0 Å². The number of hydrogen-bond acceptors (Lipinski definition) is 2. The molecule has 0 amide bonds. The standard InChI is InChI=1S/C43H42F2N2P2/c1-28-8-20-36-40(24-28)48(34-16-12-32(44)13-17-34)41-25-29(2)9-21-37(41)47(6)39-23-11-31(4)27-43(39)49(7,35-18-14-33(45)15-19-35)42-26-30(3)10-22-38(42)46(36)5/h8-27,49H,1-7H3. The summed E-state index contributed by atoms with van der Waals surface area (Å²) < 4.78 is 29.0. The molecule has 248 valence electrons. The molecular formula is C43H42F2N2P2. The number of aryl methyl sites for hydroxylation is 4. The third-order valence-electron chi connectivity index (χ3n) is 10.1. The molecule has 49 heavy (non-hydrogen) atoms. The molecule has 6 heteroatoms. The van der Waals surface area contributed by atoms with Crippen LogP contribution in [-0.4, -0.2) is 20.8 Å². The van der Waals surface area contributed by atoms with Crippen molar-refractivity contribution in [1.29, 1.82) is 0 Å². The first kappa shape index (κ1) is 33.2. The summed E-state index contributed by atoms with van der Waals surface area (Å²) in [6.07, 6.45) is 0. The number of rotatable bonds is 2. The van der Waals surface area contributed by atoms with Crippen molar-refractivity contribution >= 4 is 69.8 Å². The Bertz CT molecular complexity index is 2090. The van der Waals surface area contributed by atoms with Gasteiger partial charge in [-0.25, -0.2) is 0 Å². The van der Waals surface area contributed by atoms with Crippen molar-refractivity contribution in [3.05, 3.63) is 155 Å². The Morgan fingerprint density at radius 3 is 1.27 bits per heavy atom. The molecule has 0 aromatic heterocycles. The number of anilines is 4.